The van der Waals surface area contributed by atoms with Gasteiger partial charge in [0.2, 0.25) is 0 Å². The summed E-state index contributed by atoms with van der Waals surface area (Å²) < 4.78 is 0. The molecule has 2 aromatic rings. The van der Waals surface area contributed by atoms with E-state index < -0.39 is 0 Å². The fourth-order valence-corrected chi connectivity index (χ4v) is 1.77. The second kappa shape index (κ2) is 5.25. The third-order valence-electron chi connectivity index (χ3n) is 2.35. The number of benzene rings is 1. The molecule has 3 nitrogen and oxygen atoms in total. The third-order valence-corrected chi connectivity index (χ3v) is 2.68. The first-order valence-electron chi connectivity index (χ1n) is 5.17. The fraction of sp³-hybridized carbons (Fsp3) is 0.250. The third kappa shape index (κ3) is 2.50. The molecule has 0 bridgehead atoms. The number of aliphatic hydroxyl groups excluding tert-OH is 1. The van der Waals surface area contributed by atoms with E-state index in [0.29, 0.717) is 18.2 Å². The topological polar surface area (TPSA) is 45.1 Å². The standard InChI is InChI=1S/C12H13ClN2O/c13-12-10(8-14-5-6-16)7-9-3-1-2-4-11(9)15-12/h1-4,7,14,16H,5-6,8H2. The fourth-order valence-electron chi connectivity index (χ4n) is 1.56. The lowest BCUT2D eigenvalue weighted by Crippen LogP contribution is -2.17. The molecule has 0 aliphatic heterocycles. The largest absolute Gasteiger partial charge is 0.395 e. The summed E-state index contributed by atoms with van der Waals surface area (Å²) in [7, 11) is 0. The Morgan fingerprint density at radius 1 is 1.31 bits per heavy atom. The van der Waals surface area contributed by atoms with E-state index in [0.717, 1.165) is 16.5 Å². The first kappa shape index (κ1) is 11.3. The summed E-state index contributed by atoms with van der Waals surface area (Å²) in [5.74, 6) is 0. The number of nitrogens with one attached hydrogen (secondary N) is 1. The Kier molecular flexibility index (Phi) is 3.72. The highest BCUT2D eigenvalue weighted by molar-refractivity contribution is 6.30. The van der Waals surface area contributed by atoms with E-state index in [-0.39, 0.29) is 6.61 Å². The van der Waals surface area contributed by atoms with Crippen molar-refractivity contribution in [1.82, 2.24) is 10.3 Å². The number of hydrogen-bond donors (Lipinski definition) is 2. The highest BCUT2D eigenvalue weighted by atomic mass is 35.5. The molecule has 1 aromatic heterocycles. The van der Waals surface area contributed by atoms with Crippen molar-refractivity contribution in [2.24, 2.45) is 0 Å². The zero-order chi connectivity index (χ0) is 11.4. The number of aromatic nitrogens is 1. The van der Waals surface area contributed by atoms with Crippen LogP contribution in [0.4, 0.5) is 0 Å². The molecule has 2 N–H and O–H groups in total. The Labute approximate surface area is 99.1 Å². The van der Waals surface area contributed by atoms with E-state index >= 15 is 0 Å². The van der Waals surface area contributed by atoms with Crippen LogP contribution in [0.2, 0.25) is 5.15 Å². The molecule has 0 unspecified atom stereocenters. The van der Waals surface area contributed by atoms with Gasteiger partial charge in [-0.25, -0.2) is 4.98 Å². The minimum atomic E-state index is 0.124. The Balaban J connectivity index is 2.27. The summed E-state index contributed by atoms with van der Waals surface area (Å²) in [6, 6.07) is 9.88. The highest BCUT2D eigenvalue weighted by Gasteiger charge is 2.03. The minimum Gasteiger partial charge on any atom is -0.395 e. The lowest BCUT2D eigenvalue weighted by Gasteiger charge is -2.06. The molecule has 16 heavy (non-hydrogen) atoms. The lowest BCUT2D eigenvalue weighted by molar-refractivity contribution is 0.292. The van der Waals surface area contributed by atoms with Gasteiger partial charge in [-0.1, -0.05) is 29.8 Å². The summed E-state index contributed by atoms with van der Waals surface area (Å²) in [6.07, 6.45) is 0. The van der Waals surface area contributed by atoms with Gasteiger partial charge in [0.15, 0.2) is 0 Å². The van der Waals surface area contributed by atoms with Crippen molar-refractivity contribution >= 4 is 22.5 Å². The predicted molar refractivity (Wildman–Crippen MR) is 65.5 cm³/mol. The number of halogens is 1. The first-order chi connectivity index (χ1) is 7.81. The number of hydrogen-bond acceptors (Lipinski definition) is 3. The van der Waals surface area contributed by atoms with Crippen LogP contribution in [0.15, 0.2) is 30.3 Å². The van der Waals surface area contributed by atoms with E-state index in [1.807, 2.05) is 30.3 Å². The minimum absolute atomic E-state index is 0.124. The molecular formula is C12H13ClN2O. The van der Waals surface area contributed by atoms with Crippen molar-refractivity contribution in [3.63, 3.8) is 0 Å². The second-order valence-corrected chi connectivity index (χ2v) is 3.89. The molecule has 0 aliphatic carbocycles. The van der Waals surface area contributed by atoms with Gasteiger partial charge in [0.05, 0.1) is 12.1 Å². The van der Waals surface area contributed by atoms with Crippen molar-refractivity contribution in [2.45, 2.75) is 6.54 Å². The smallest absolute Gasteiger partial charge is 0.134 e. The van der Waals surface area contributed by atoms with Gasteiger partial charge >= 0.3 is 0 Å². The average molecular weight is 237 g/mol. The number of para-hydroxylation sites is 1. The Bertz CT molecular complexity index is 487. The highest BCUT2D eigenvalue weighted by Crippen LogP contribution is 2.20. The summed E-state index contributed by atoms with van der Waals surface area (Å²) in [6.45, 7) is 1.30. The maximum absolute atomic E-state index is 8.67. The lowest BCUT2D eigenvalue weighted by atomic mass is 10.1. The van der Waals surface area contributed by atoms with Gasteiger partial charge < -0.3 is 10.4 Å². The molecule has 0 amide bonds. The number of pyridine rings is 1. The van der Waals surface area contributed by atoms with Gasteiger partial charge in [-0.05, 0) is 12.1 Å². The van der Waals surface area contributed by atoms with Crippen LogP contribution in [0.3, 0.4) is 0 Å². The first-order valence-corrected chi connectivity index (χ1v) is 5.55. The molecular weight excluding hydrogens is 224 g/mol. The Morgan fingerprint density at radius 3 is 2.94 bits per heavy atom. The van der Waals surface area contributed by atoms with Crippen LogP contribution in [0.5, 0.6) is 0 Å². The maximum Gasteiger partial charge on any atom is 0.134 e. The van der Waals surface area contributed by atoms with Crippen LogP contribution in [-0.4, -0.2) is 23.2 Å². The Morgan fingerprint density at radius 2 is 2.12 bits per heavy atom. The molecule has 0 aliphatic rings. The van der Waals surface area contributed by atoms with Crippen LogP contribution in [-0.2, 0) is 6.54 Å². The van der Waals surface area contributed by atoms with Gasteiger partial charge in [-0.2, -0.15) is 0 Å². The van der Waals surface area contributed by atoms with E-state index in [4.69, 9.17) is 16.7 Å². The molecule has 0 fully saturated rings. The molecule has 2 rings (SSSR count). The van der Waals surface area contributed by atoms with Gasteiger partial charge in [0.25, 0.3) is 0 Å². The molecule has 1 aromatic carbocycles. The molecule has 0 atom stereocenters. The molecule has 4 heteroatoms. The number of aliphatic hydroxyl groups is 1. The van der Waals surface area contributed by atoms with Gasteiger partial charge in [0.1, 0.15) is 5.15 Å². The van der Waals surface area contributed by atoms with E-state index in [1.54, 1.807) is 0 Å². The number of rotatable bonds is 4. The zero-order valence-electron chi connectivity index (χ0n) is 8.78. The van der Waals surface area contributed by atoms with Gasteiger partial charge in [-0.3, -0.25) is 0 Å². The maximum atomic E-state index is 8.67. The molecule has 84 valence electrons. The summed E-state index contributed by atoms with van der Waals surface area (Å²) in [5, 5.41) is 13.4. The normalized spacial score (nSPS) is 10.9. The van der Waals surface area contributed by atoms with Crippen LogP contribution in [0.25, 0.3) is 10.9 Å². The van der Waals surface area contributed by atoms with Crippen molar-refractivity contribution in [3.8, 4) is 0 Å². The van der Waals surface area contributed by atoms with Crippen LogP contribution in [0, 0.1) is 0 Å². The van der Waals surface area contributed by atoms with E-state index in [2.05, 4.69) is 10.3 Å². The van der Waals surface area contributed by atoms with Crippen molar-refractivity contribution in [3.05, 3.63) is 41.0 Å². The number of fused-ring (bicyclic) bond motifs is 1. The monoisotopic (exact) mass is 236 g/mol. The predicted octanol–water partition coefficient (Wildman–Crippen LogP) is 1.97. The SMILES string of the molecule is OCCNCc1cc2ccccc2nc1Cl. The molecule has 0 radical (unpaired) electrons. The molecule has 0 spiro atoms. The van der Waals surface area contributed by atoms with E-state index in [1.165, 1.54) is 0 Å². The van der Waals surface area contributed by atoms with Gasteiger partial charge in [-0.15, -0.1) is 0 Å². The molecule has 0 saturated heterocycles. The Hall–Kier alpha value is -1.16. The van der Waals surface area contributed by atoms with Crippen molar-refractivity contribution in [1.29, 1.82) is 0 Å². The summed E-state index contributed by atoms with van der Waals surface area (Å²) in [4.78, 5) is 4.32. The zero-order valence-corrected chi connectivity index (χ0v) is 9.54. The van der Waals surface area contributed by atoms with Crippen LogP contribution < -0.4 is 5.32 Å². The number of nitrogens with zero attached hydrogens (tertiary/aromatic N) is 1. The quantitative estimate of drug-likeness (QED) is 0.630. The summed E-state index contributed by atoms with van der Waals surface area (Å²) in [5.41, 5.74) is 1.85. The summed E-state index contributed by atoms with van der Waals surface area (Å²) >= 11 is 6.07. The van der Waals surface area contributed by atoms with Crippen molar-refractivity contribution in [2.75, 3.05) is 13.2 Å². The van der Waals surface area contributed by atoms with Gasteiger partial charge in [0, 0.05) is 24.0 Å². The average Bonchev–Trinajstić information content (AvgIpc) is 2.30. The van der Waals surface area contributed by atoms with E-state index in [9.17, 15) is 0 Å². The molecule has 1 heterocycles. The van der Waals surface area contributed by atoms with Crippen LogP contribution >= 0.6 is 11.6 Å². The van der Waals surface area contributed by atoms with Crippen LogP contribution in [0.1, 0.15) is 5.56 Å². The molecule has 0 saturated carbocycles. The van der Waals surface area contributed by atoms with Crippen molar-refractivity contribution < 1.29 is 5.11 Å². The second-order valence-electron chi connectivity index (χ2n) is 3.53.